The molecular weight excluding hydrogens is 294 g/mol. The minimum Gasteiger partial charge on any atom is -0.422 e. The molecule has 0 aliphatic heterocycles. The Morgan fingerprint density at radius 2 is 2.09 bits per heavy atom. The largest absolute Gasteiger partial charge is 0.422 e. The Balaban J connectivity index is 1.97. The molecule has 0 radical (unpaired) electrons. The van der Waals surface area contributed by atoms with E-state index in [9.17, 15) is 18.8 Å². The fourth-order valence-electron chi connectivity index (χ4n) is 2.02. The van der Waals surface area contributed by atoms with Crippen molar-refractivity contribution in [2.24, 2.45) is 0 Å². The molecule has 0 spiro atoms. The Morgan fingerprint density at radius 1 is 1.27 bits per heavy atom. The van der Waals surface area contributed by atoms with Crippen molar-refractivity contribution in [3.05, 3.63) is 64.2 Å². The highest BCUT2D eigenvalue weighted by Crippen LogP contribution is 2.18. The van der Waals surface area contributed by atoms with Gasteiger partial charge >= 0.3 is 5.69 Å². The molecule has 2 aromatic heterocycles. The summed E-state index contributed by atoms with van der Waals surface area (Å²) >= 11 is 0. The number of anilines is 1. The molecule has 0 bridgehead atoms. The van der Waals surface area contributed by atoms with E-state index >= 15 is 0 Å². The van der Waals surface area contributed by atoms with Crippen molar-refractivity contribution in [3.63, 3.8) is 0 Å². The Bertz CT molecular complexity index is 911. The van der Waals surface area contributed by atoms with Crippen LogP contribution in [0.15, 0.2) is 41.3 Å². The van der Waals surface area contributed by atoms with Gasteiger partial charge in [0.2, 0.25) is 0 Å². The maximum Gasteiger partial charge on any atom is 0.384 e. The van der Waals surface area contributed by atoms with E-state index in [0.717, 1.165) is 12.1 Å². The van der Waals surface area contributed by atoms with Crippen LogP contribution in [0.2, 0.25) is 0 Å². The van der Waals surface area contributed by atoms with Crippen molar-refractivity contribution in [2.75, 3.05) is 5.32 Å². The molecule has 0 fully saturated rings. The van der Waals surface area contributed by atoms with Gasteiger partial charge in [-0.25, -0.2) is 18.6 Å². The first-order valence-corrected chi connectivity index (χ1v) is 6.31. The van der Waals surface area contributed by atoms with Gasteiger partial charge in [-0.3, -0.25) is 0 Å². The molecule has 0 atom stereocenters. The van der Waals surface area contributed by atoms with E-state index in [2.05, 4.69) is 15.3 Å². The summed E-state index contributed by atoms with van der Waals surface area (Å²) in [6.07, 6.45) is 1.41. The number of nitrogens with zero attached hydrogens (tertiary/aromatic N) is 3. The number of pyridine rings is 1. The summed E-state index contributed by atoms with van der Waals surface area (Å²) in [7, 11) is 0. The van der Waals surface area contributed by atoms with Crippen LogP contribution < -0.4 is 11.0 Å². The standard InChI is InChI=1S/C14H10F2N4O2/c15-9-4-3-8(11(16)6-9)7-18-12-10-2-1-5-17-13(10)20(22)14(21)19-12/h1-6,22H,7H2,(H,18,19,21). The first-order chi connectivity index (χ1) is 10.6. The van der Waals surface area contributed by atoms with Crippen molar-refractivity contribution in [2.45, 2.75) is 6.54 Å². The minimum absolute atomic E-state index is 0.00199. The quantitative estimate of drug-likeness (QED) is 0.723. The third kappa shape index (κ3) is 2.46. The van der Waals surface area contributed by atoms with E-state index in [4.69, 9.17) is 0 Å². The average Bonchev–Trinajstić information content (AvgIpc) is 2.51. The molecule has 0 saturated heterocycles. The molecule has 8 heteroatoms. The van der Waals surface area contributed by atoms with Crippen LogP contribution in [0.3, 0.4) is 0 Å². The number of hydrogen-bond acceptors (Lipinski definition) is 5. The Labute approximate surface area is 122 Å². The van der Waals surface area contributed by atoms with Gasteiger partial charge in [-0.1, -0.05) is 6.07 Å². The van der Waals surface area contributed by atoms with Crippen molar-refractivity contribution in [1.29, 1.82) is 0 Å². The first kappa shape index (κ1) is 13.9. The van der Waals surface area contributed by atoms with Crippen molar-refractivity contribution in [1.82, 2.24) is 14.7 Å². The monoisotopic (exact) mass is 304 g/mol. The highest BCUT2D eigenvalue weighted by atomic mass is 19.1. The smallest absolute Gasteiger partial charge is 0.384 e. The molecule has 3 aromatic rings. The molecule has 2 heterocycles. The SMILES string of the molecule is O=c1nc(NCc2ccc(F)cc2F)c2cccnc2n1O. The molecule has 0 aliphatic carbocycles. The molecule has 1 aromatic carbocycles. The van der Waals surface area contributed by atoms with Crippen LogP contribution in [0.25, 0.3) is 11.0 Å². The van der Waals surface area contributed by atoms with Crippen molar-refractivity contribution >= 4 is 16.9 Å². The van der Waals surface area contributed by atoms with Crippen molar-refractivity contribution in [3.8, 4) is 0 Å². The number of fused-ring (bicyclic) bond motifs is 1. The van der Waals surface area contributed by atoms with E-state index in [1.54, 1.807) is 12.1 Å². The van der Waals surface area contributed by atoms with Gasteiger partial charge in [-0.05, 0) is 18.2 Å². The molecule has 6 nitrogen and oxygen atoms in total. The van der Waals surface area contributed by atoms with E-state index in [0.29, 0.717) is 10.1 Å². The van der Waals surface area contributed by atoms with Gasteiger partial charge in [0.1, 0.15) is 17.5 Å². The van der Waals surface area contributed by atoms with Crippen LogP contribution in [-0.2, 0) is 6.54 Å². The van der Waals surface area contributed by atoms with Crippen LogP contribution in [0.1, 0.15) is 5.56 Å². The minimum atomic E-state index is -0.909. The lowest BCUT2D eigenvalue weighted by Gasteiger charge is -2.10. The maximum absolute atomic E-state index is 13.6. The first-order valence-electron chi connectivity index (χ1n) is 6.31. The lowest BCUT2D eigenvalue weighted by atomic mass is 10.2. The fraction of sp³-hybridized carbons (Fsp3) is 0.0714. The van der Waals surface area contributed by atoms with E-state index < -0.39 is 17.3 Å². The Morgan fingerprint density at radius 3 is 2.86 bits per heavy atom. The van der Waals surface area contributed by atoms with Crippen LogP contribution in [-0.4, -0.2) is 19.9 Å². The van der Waals surface area contributed by atoms with E-state index in [1.807, 2.05) is 0 Å². The van der Waals surface area contributed by atoms with Gasteiger partial charge in [0.15, 0.2) is 5.65 Å². The Hall–Kier alpha value is -3.03. The molecule has 22 heavy (non-hydrogen) atoms. The summed E-state index contributed by atoms with van der Waals surface area (Å²) in [5.74, 6) is -1.22. The van der Waals surface area contributed by atoms with Gasteiger partial charge in [0.05, 0.1) is 5.39 Å². The topological polar surface area (TPSA) is 80.0 Å². The number of rotatable bonds is 3. The normalized spacial score (nSPS) is 10.8. The predicted molar refractivity (Wildman–Crippen MR) is 74.7 cm³/mol. The van der Waals surface area contributed by atoms with Crippen molar-refractivity contribution < 1.29 is 14.0 Å². The third-order valence-corrected chi connectivity index (χ3v) is 3.09. The molecule has 0 aliphatic rings. The molecule has 3 rings (SSSR count). The Kier molecular flexibility index (Phi) is 3.42. The maximum atomic E-state index is 13.6. The number of benzene rings is 1. The highest BCUT2D eigenvalue weighted by molar-refractivity contribution is 5.86. The van der Waals surface area contributed by atoms with Crippen LogP contribution >= 0.6 is 0 Å². The number of aromatic nitrogens is 3. The lowest BCUT2D eigenvalue weighted by Crippen LogP contribution is -2.23. The fourth-order valence-corrected chi connectivity index (χ4v) is 2.02. The average molecular weight is 304 g/mol. The summed E-state index contributed by atoms with van der Waals surface area (Å²) < 4.78 is 26.8. The summed E-state index contributed by atoms with van der Waals surface area (Å²) in [6.45, 7) is -0.00199. The van der Waals surface area contributed by atoms with E-state index in [1.165, 1.54) is 12.3 Å². The summed E-state index contributed by atoms with van der Waals surface area (Å²) in [6, 6.07) is 6.42. The number of nitrogens with one attached hydrogen (secondary N) is 1. The second-order valence-electron chi connectivity index (χ2n) is 4.52. The van der Waals surface area contributed by atoms with Crippen LogP contribution in [0.5, 0.6) is 0 Å². The zero-order valence-corrected chi connectivity index (χ0v) is 11.1. The molecule has 0 unspecified atom stereocenters. The third-order valence-electron chi connectivity index (χ3n) is 3.09. The summed E-state index contributed by atoms with van der Waals surface area (Å²) in [5, 5.41) is 12.8. The summed E-state index contributed by atoms with van der Waals surface area (Å²) in [4.78, 5) is 19.1. The molecule has 112 valence electrons. The lowest BCUT2D eigenvalue weighted by molar-refractivity contribution is 0.182. The highest BCUT2D eigenvalue weighted by Gasteiger charge is 2.11. The molecule has 2 N–H and O–H groups in total. The second-order valence-corrected chi connectivity index (χ2v) is 4.52. The zero-order chi connectivity index (χ0) is 15.7. The number of halogens is 2. The zero-order valence-electron chi connectivity index (χ0n) is 11.1. The van der Waals surface area contributed by atoms with E-state index in [-0.39, 0.29) is 23.6 Å². The second kappa shape index (κ2) is 5.40. The van der Waals surface area contributed by atoms with Crippen LogP contribution in [0.4, 0.5) is 14.6 Å². The predicted octanol–water partition coefficient (Wildman–Crippen LogP) is 1.92. The number of hydrogen-bond donors (Lipinski definition) is 2. The van der Waals surface area contributed by atoms with Gasteiger partial charge in [-0.15, -0.1) is 4.73 Å². The van der Waals surface area contributed by atoms with Gasteiger partial charge < -0.3 is 10.5 Å². The van der Waals surface area contributed by atoms with Crippen LogP contribution in [0, 0.1) is 11.6 Å². The summed E-state index contributed by atoms with van der Waals surface area (Å²) in [5.41, 5.74) is -0.661. The van der Waals surface area contributed by atoms with Gasteiger partial charge in [-0.2, -0.15) is 4.98 Å². The molecule has 0 saturated carbocycles. The van der Waals surface area contributed by atoms with Gasteiger partial charge in [0, 0.05) is 24.4 Å². The molecule has 0 amide bonds. The van der Waals surface area contributed by atoms with Gasteiger partial charge in [0.25, 0.3) is 0 Å². The molecular formula is C14H10F2N4O2.